The largest absolute Gasteiger partial charge is 0.388 e. The van der Waals surface area contributed by atoms with Gasteiger partial charge in [0.1, 0.15) is 0 Å². The summed E-state index contributed by atoms with van der Waals surface area (Å²) in [5, 5.41) is 10.4. The maximum atomic E-state index is 10.4. The maximum absolute atomic E-state index is 10.4. The van der Waals surface area contributed by atoms with E-state index < -0.39 is 5.60 Å². The summed E-state index contributed by atoms with van der Waals surface area (Å²) in [4.78, 5) is -0.0540. The highest BCUT2D eigenvalue weighted by atomic mass is 79.9. The Balaban J connectivity index is 2.66. The summed E-state index contributed by atoms with van der Waals surface area (Å²) >= 11 is 3.49. The Morgan fingerprint density at radius 2 is 2.36 bits per heavy atom. The molecule has 0 bridgehead atoms. The number of rotatable bonds is 3. The van der Waals surface area contributed by atoms with Gasteiger partial charge in [0.25, 0.3) is 0 Å². The molecule has 0 saturated carbocycles. The zero-order chi connectivity index (χ0) is 10.8. The van der Waals surface area contributed by atoms with Gasteiger partial charge in [-0.25, -0.2) is 0 Å². The highest BCUT2D eigenvalue weighted by Crippen LogP contribution is 2.34. The Hall–Kier alpha value is 0.140. The van der Waals surface area contributed by atoms with Crippen molar-refractivity contribution in [2.45, 2.75) is 37.1 Å². The molecule has 0 aromatic carbocycles. The van der Waals surface area contributed by atoms with Crippen LogP contribution in [0, 0.1) is 5.92 Å². The molecule has 14 heavy (non-hydrogen) atoms. The second kappa shape index (κ2) is 4.77. The first-order chi connectivity index (χ1) is 6.46. The van der Waals surface area contributed by atoms with E-state index in [4.69, 9.17) is 4.74 Å². The molecular formula is C11H19BrO2. The summed E-state index contributed by atoms with van der Waals surface area (Å²) in [6, 6.07) is 0. The quantitative estimate of drug-likeness (QED) is 0.626. The molecule has 1 N–H and O–H groups in total. The number of alkyl halides is 1. The summed E-state index contributed by atoms with van der Waals surface area (Å²) in [5.74, 6) is 0.206. The van der Waals surface area contributed by atoms with Crippen molar-refractivity contribution < 1.29 is 9.84 Å². The fraction of sp³-hybridized carbons (Fsp3) is 0.818. The molecule has 0 aromatic heterocycles. The molecule has 1 fully saturated rings. The smallest absolute Gasteiger partial charge is 0.0831 e. The monoisotopic (exact) mass is 262 g/mol. The highest BCUT2D eigenvalue weighted by Gasteiger charge is 2.39. The third-order valence-corrected chi connectivity index (χ3v) is 4.64. The van der Waals surface area contributed by atoms with Crippen molar-refractivity contribution in [3.63, 3.8) is 0 Å². The first-order valence-electron chi connectivity index (χ1n) is 5.06. The molecule has 2 nitrogen and oxygen atoms in total. The molecule has 82 valence electrons. The first kappa shape index (κ1) is 12.2. The van der Waals surface area contributed by atoms with Crippen molar-refractivity contribution in [3.8, 4) is 0 Å². The molecule has 1 rings (SSSR count). The van der Waals surface area contributed by atoms with Crippen LogP contribution in [-0.4, -0.2) is 28.7 Å². The lowest BCUT2D eigenvalue weighted by atomic mass is 9.81. The maximum Gasteiger partial charge on any atom is 0.0831 e. The van der Waals surface area contributed by atoms with E-state index in [2.05, 4.69) is 22.5 Å². The van der Waals surface area contributed by atoms with E-state index in [1.54, 1.807) is 0 Å². The van der Waals surface area contributed by atoms with E-state index in [1.165, 1.54) is 0 Å². The Morgan fingerprint density at radius 1 is 1.71 bits per heavy atom. The SMILES string of the molecule is C=C(C)C(Br)C(C)(O)C1CCCOC1. The summed E-state index contributed by atoms with van der Waals surface area (Å²) in [6.45, 7) is 9.14. The molecular weight excluding hydrogens is 244 g/mol. The van der Waals surface area contributed by atoms with Crippen molar-refractivity contribution in [1.82, 2.24) is 0 Å². The van der Waals surface area contributed by atoms with E-state index in [0.717, 1.165) is 25.0 Å². The number of halogens is 1. The zero-order valence-corrected chi connectivity index (χ0v) is 10.5. The Labute approximate surface area is 94.5 Å². The molecule has 0 spiro atoms. The normalized spacial score (nSPS) is 29.3. The van der Waals surface area contributed by atoms with Crippen LogP contribution < -0.4 is 0 Å². The van der Waals surface area contributed by atoms with Crippen LogP contribution in [0.4, 0.5) is 0 Å². The molecule has 0 amide bonds. The fourth-order valence-electron chi connectivity index (χ4n) is 1.91. The predicted molar refractivity (Wildman–Crippen MR) is 61.7 cm³/mol. The van der Waals surface area contributed by atoms with Crippen LogP contribution in [0.25, 0.3) is 0 Å². The van der Waals surface area contributed by atoms with E-state index in [0.29, 0.717) is 6.61 Å². The molecule has 0 radical (unpaired) electrons. The van der Waals surface area contributed by atoms with Gasteiger partial charge in [0.2, 0.25) is 0 Å². The van der Waals surface area contributed by atoms with Gasteiger partial charge in [-0.3, -0.25) is 0 Å². The van der Waals surface area contributed by atoms with Crippen molar-refractivity contribution in [2.24, 2.45) is 5.92 Å². The lowest BCUT2D eigenvalue weighted by Crippen LogP contribution is -2.46. The fourth-order valence-corrected chi connectivity index (χ4v) is 2.28. The minimum atomic E-state index is -0.758. The Morgan fingerprint density at radius 3 is 2.79 bits per heavy atom. The van der Waals surface area contributed by atoms with Gasteiger partial charge in [0.15, 0.2) is 0 Å². The molecule has 3 atom stereocenters. The van der Waals surface area contributed by atoms with Gasteiger partial charge in [-0.15, -0.1) is 0 Å². The van der Waals surface area contributed by atoms with Gasteiger partial charge in [-0.1, -0.05) is 28.1 Å². The average Bonchev–Trinajstić information content (AvgIpc) is 2.18. The summed E-state index contributed by atoms with van der Waals surface area (Å²) < 4.78 is 5.39. The van der Waals surface area contributed by atoms with Crippen molar-refractivity contribution in [2.75, 3.05) is 13.2 Å². The average molecular weight is 263 g/mol. The summed E-state index contributed by atoms with van der Waals surface area (Å²) in [5.41, 5.74) is 0.201. The Kier molecular flexibility index (Phi) is 4.16. The van der Waals surface area contributed by atoms with Gasteiger partial charge in [-0.2, -0.15) is 0 Å². The Bertz CT molecular complexity index is 207. The highest BCUT2D eigenvalue weighted by molar-refractivity contribution is 9.09. The first-order valence-corrected chi connectivity index (χ1v) is 5.97. The standard InChI is InChI=1S/C11H19BrO2/c1-8(2)10(12)11(3,13)9-5-4-6-14-7-9/h9-10,13H,1,4-7H2,2-3H3. The number of ether oxygens (including phenoxy) is 1. The molecule has 0 aromatic rings. The number of hydrogen-bond acceptors (Lipinski definition) is 2. The summed E-state index contributed by atoms with van der Waals surface area (Å²) in [7, 11) is 0. The van der Waals surface area contributed by atoms with Crippen LogP contribution in [0.1, 0.15) is 26.7 Å². The third kappa shape index (κ3) is 2.59. The third-order valence-electron chi connectivity index (χ3n) is 2.93. The van der Waals surface area contributed by atoms with Crippen molar-refractivity contribution in [1.29, 1.82) is 0 Å². The summed E-state index contributed by atoms with van der Waals surface area (Å²) in [6.07, 6.45) is 2.07. The van der Waals surface area contributed by atoms with E-state index in [9.17, 15) is 5.11 Å². The minimum Gasteiger partial charge on any atom is -0.388 e. The van der Waals surface area contributed by atoms with Crippen LogP contribution >= 0.6 is 15.9 Å². The van der Waals surface area contributed by atoms with Gasteiger partial charge >= 0.3 is 0 Å². The van der Waals surface area contributed by atoms with Gasteiger partial charge < -0.3 is 9.84 Å². The van der Waals surface area contributed by atoms with Crippen LogP contribution in [0.15, 0.2) is 12.2 Å². The molecule has 1 aliphatic rings. The molecule has 1 heterocycles. The van der Waals surface area contributed by atoms with E-state index >= 15 is 0 Å². The van der Waals surface area contributed by atoms with Gasteiger partial charge in [0.05, 0.1) is 17.0 Å². The van der Waals surface area contributed by atoms with Crippen LogP contribution in [-0.2, 0) is 4.74 Å². The number of aliphatic hydroxyl groups is 1. The van der Waals surface area contributed by atoms with Crippen molar-refractivity contribution >= 4 is 15.9 Å². The molecule has 1 aliphatic heterocycles. The van der Waals surface area contributed by atoms with Crippen LogP contribution in [0.2, 0.25) is 0 Å². The molecule has 0 aliphatic carbocycles. The second-order valence-corrected chi connectivity index (χ2v) is 5.26. The number of hydrogen-bond donors (Lipinski definition) is 1. The van der Waals surface area contributed by atoms with E-state index in [1.807, 2.05) is 13.8 Å². The van der Waals surface area contributed by atoms with Gasteiger partial charge in [-0.05, 0) is 26.7 Å². The van der Waals surface area contributed by atoms with Crippen LogP contribution in [0.5, 0.6) is 0 Å². The minimum absolute atomic E-state index is 0.0540. The topological polar surface area (TPSA) is 29.5 Å². The molecule has 3 heteroatoms. The molecule has 1 saturated heterocycles. The van der Waals surface area contributed by atoms with Crippen LogP contribution in [0.3, 0.4) is 0 Å². The predicted octanol–water partition coefficient (Wildman–Crippen LogP) is 2.50. The molecule has 3 unspecified atom stereocenters. The lowest BCUT2D eigenvalue weighted by molar-refractivity contribution is -0.0630. The van der Waals surface area contributed by atoms with E-state index in [-0.39, 0.29) is 10.7 Å². The van der Waals surface area contributed by atoms with Crippen molar-refractivity contribution in [3.05, 3.63) is 12.2 Å². The lowest BCUT2D eigenvalue weighted by Gasteiger charge is -2.39. The zero-order valence-electron chi connectivity index (χ0n) is 8.92. The second-order valence-electron chi connectivity index (χ2n) is 4.35. The van der Waals surface area contributed by atoms with Gasteiger partial charge in [0, 0.05) is 12.5 Å².